The second-order valence-electron chi connectivity index (χ2n) is 4.36. The van der Waals surface area contributed by atoms with Crippen molar-refractivity contribution in [2.75, 3.05) is 0 Å². The first-order valence-electron chi connectivity index (χ1n) is 6.47. The van der Waals surface area contributed by atoms with Crippen LogP contribution in [0, 0.1) is 0 Å². The Morgan fingerprint density at radius 1 is 0.750 bits per heavy atom. The standard InChI is InChI=1S/C15H24.H3N/c1-2-3-4-5-6-7-9-12-15-13-10-8-11-14-15;/h8,10-11,13-14H,2-7,9,12H2,1H3;1H3. The first-order valence-corrected chi connectivity index (χ1v) is 6.47. The number of benzene rings is 1. The number of unbranched alkanes of at least 4 members (excludes halogenated alkanes) is 6. The summed E-state index contributed by atoms with van der Waals surface area (Å²) >= 11 is 0. The van der Waals surface area contributed by atoms with Crippen LogP contribution in [0.4, 0.5) is 0 Å². The van der Waals surface area contributed by atoms with E-state index in [1.54, 1.807) is 0 Å². The molecule has 0 fully saturated rings. The van der Waals surface area contributed by atoms with Crippen molar-refractivity contribution in [2.45, 2.75) is 58.3 Å². The summed E-state index contributed by atoms with van der Waals surface area (Å²) in [6.45, 7) is 2.27. The number of hydrogen-bond acceptors (Lipinski definition) is 1. The molecule has 16 heavy (non-hydrogen) atoms. The fraction of sp³-hybridized carbons (Fsp3) is 0.600. The normalized spacial score (nSPS) is 9.81. The van der Waals surface area contributed by atoms with Crippen LogP contribution in [0.25, 0.3) is 0 Å². The van der Waals surface area contributed by atoms with Crippen LogP contribution in [0.5, 0.6) is 0 Å². The van der Waals surface area contributed by atoms with Gasteiger partial charge in [0, 0.05) is 0 Å². The van der Waals surface area contributed by atoms with E-state index in [1.807, 2.05) is 0 Å². The van der Waals surface area contributed by atoms with Gasteiger partial charge in [-0.05, 0) is 18.4 Å². The van der Waals surface area contributed by atoms with Crippen molar-refractivity contribution in [3.05, 3.63) is 35.9 Å². The third kappa shape index (κ3) is 7.47. The smallest absolute Gasteiger partial charge is 0.0279 e. The summed E-state index contributed by atoms with van der Waals surface area (Å²) in [6.07, 6.45) is 11.1. The molecular weight excluding hydrogens is 194 g/mol. The molecule has 0 amide bonds. The van der Waals surface area contributed by atoms with Gasteiger partial charge in [0.25, 0.3) is 0 Å². The lowest BCUT2D eigenvalue weighted by Crippen LogP contribution is -1.85. The van der Waals surface area contributed by atoms with Crippen LogP contribution in [0.2, 0.25) is 0 Å². The maximum atomic E-state index is 2.27. The van der Waals surface area contributed by atoms with Crippen molar-refractivity contribution in [1.29, 1.82) is 0 Å². The molecule has 1 aromatic rings. The fourth-order valence-corrected chi connectivity index (χ4v) is 1.93. The minimum Gasteiger partial charge on any atom is -0.344 e. The Morgan fingerprint density at radius 2 is 1.31 bits per heavy atom. The van der Waals surface area contributed by atoms with Gasteiger partial charge < -0.3 is 6.15 Å². The average molecular weight is 221 g/mol. The lowest BCUT2D eigenvalue weighted by atomic mass is 10.0. The van der Waals surface area contributed by atoms with Gasteiger partial charge in [-0.15, -0.1) is 0 Å². The summed E-state index contributed by atoms with van der Waals surface area (Å²) in [7, 11) is 0. The van der Waals surface area contributed by atoms with E-state index in [0.29, 0.717) is 0 Å². The molecule has 0 aliphatic heterocycles. The van der Waals surface area contributed by atoms with E-state index in [4.69, 9.17) is 0 Å². The van der Waals surface area contributed by atoms with Crippen molar-refractivity contribution in [3.63, 3.8) is 0 Å². The van der Waals surface area contributed by atoms with Gasteiger partial charge in [-0.25, -0.2) is 0 Å². The van der Waals surface area contributed by atoms with E-state index < -0.39 is 0 Å². The lowest BCUT2D eigenvalue weighted by molar-refractivity contribution is 0.589. The Balaban J connectivity index is 0.00000225. The fourth-order valence-electron chi connectivity index (χ4n) is 1.93. The molecule has 1 rings (SSSR count). The van der Waals surface area contributed by atoms with Crippen molar-refractivity contribution < 1.29 is 0 Å². The molecule has 1 heteroatoms. The highest BCUT2D eigenvalue weighted by atomic mass is 14.0. The summed E-state index contributed by atoms with van der Waals surface area (Å²) in [6, 6.07) is 10.8. The van der Waals surface area contributed by atoms with E-state index in [-0.39, 0.29) is 6.15 Å². The number of rotatable bonds is 8. The molecule has 0 bridgehead atoms. The molecule has 0 aliphatic carbocycles. The highest BCUT2D eigenvalue weighted by Gasteiger charge is 1.92. The third-order valence-corrected chi connectivity index (χ3v) is 2.91. The zero-order chi connectivity index (χ0) is 10.8. The van der Waals surface area contributed by atoms with Crippen molar-refractivity contribution in [1.82, 2.24) is 6.15 Å². The van der Waals surface area contributed by atoms with E-state index >= 15 is 0 Å². The predicted molar refractivity (Wildman–Crippen MR) is 73.2 cm³/mol. The SMILES string of the molecule is CCCCCCCCCc1ccccc1.N. The van der Waals surface area contributed by atoms with Crippen molar-refractivity contribution >= 4 is 0 Å². The van der Waals surface area contributed by atoms with Crippen molar-refractivity contribution in [3.8, 4) is 0 Å². The van der Waals surface area contributed by atoms with Crippen LogP contribution in [-0.2, 0) is 6.42 Å². The number of aryl methyl sites for hydroxylation is 1. The molecule has 0 unspecified atom stereocenters. The zero-order valence-electron chi connectivity index (χ0n) is 10.8. The second-order valence-corrected chi connectivity index (χ2v) is 4.36. The first kappa shape index (κ1) is 15.2. The molecule has 0 saturated heterocycles. The largest absolute Gasteiger partial charge is 0.344 e. The third-order valence-electron chi connectivity index (χ3n) is 2.91. The molecule has 0 atom stereocenters. The van der Waals surface area contributed by atoms with Crippen LogP contribution >= 0.6 is 0 Å². The summed E-state index contributed by atoms with van der Waals surface area (Å²) in [5.74, 6) is 0. The van der Waals surface area contributed by atoms with Crippen LogP contribution < -0.4 is 6.15 Å². The van der Waals surface area contributed by atoms with Crippen LogP contribution in [0.3, 0.4) is 0 Å². The van der Waals surface area contributed by atoms with Crippen LogP contribution in [0.1, 0.15) is 57.4 Å². The monoisotopic (exact) mass is 221 g/mol. The molecule has 0 saturated carbocycles. The van der Waals surface area contributed by atoms with E-state index in [9.17, 15) is 0 Å². The summed E-state index contributed by atoms with van der Waals surface area (Å²) < 4.78 is 0. The minimum atomic E-state index is 0. The number of hydrogen-bond donors (Lipinski definition) is 1. The highest BCUT2D eigenvalue weighted by Crippen LogP contribution is 2.10. The average Bonchev–Trinajstić information content (AvgIpc) is 2.29. The molecular formula is C15H27N. The topological polar surface area (TPSA) is 35.0 Å². The first-order chi connectivity index (χ1) is 7.43. The molecule has 1 aromatic carbocycles. The molecule has 1 nitrogen and oxygen atoms in total. The molecule has 3 N–H and O–H groups in total. The molecule has 0 radical (unpaired) electrons. The summed E-state index contributed by atoms with van der Waals surface area (Å²) in [4.78, 5) is 0. The Labute approximate surface area is 101 Å². The Hall–Kier alpha value is -0.820. The van der Waals surface area contributed by atoms with Crippen LogP contribution in [-0.4, -0.2) is 0 Å². The molecule has 0 heterocycles. The highest BCUT2D eigenvalue weighted by molar-refractivity contribution is 5.14. The van der Waals surface area contributed by atoms with Gasteiger partial charge in [0.2, 0.25) is 0 Å². The van der Waals surface area contributed by atoms with Gasteiger partial charge >= 0.3 is 0 Å². The Morgan fingerprint density at radius 3 is 1.94 bits per heavy atom. The van der Waals surface area contributed by atoms with Gasteiger partial charge in [0.15, 0.2) is 0 Å². The Kier molecular flexibility index (Phi) is 10.1. The van der Waals surface area contributed by atoms with Crippen molar-refractivity contribution in [2.24, 2.45) is 0 Å². The second kappa shape index (κ2) is 10.7. The summed E-state index contributed by atoms with van der Waals surface area (Å²) in [5.41, 5.74) is 1.49. The zero-order valence-corrected chi connectivity index (χ0v) is 10.8. The maximum absolute atomic E-state index is 2.27. The molecule has 0 aliphatic rings. The van der Waals surface area contributed by atoms with Crippen LogP contribution in [0.15, 0.2) is 30.3 Å². The van der Waals surface area contributed by atoms with Gasteiger partial charge in [0.1, 0.15) is 0 Å². The molecule has 0 spiro atoms. The lowest BCUT2D eigenvalue weighted by Gasteiger charge is -2.01. The minimum absolute atomic E-state index is 0. The molecule has 0 aromatic heterocycles. The van der Waals surface area contributed by atoms with E-state index in [1.165, 1.54) is 56.9 Å². The summed E-state index contributed by atoms with van der Waals surface area (Å²) in [5, 5.41) is 0. The Bertz CT molecular complexity index is 230. The van der Waals surface area contributed by atoms with Gasteiger partial charge in [-0.1, -0.05) is 75.8 Å². The molecule has 92 valence electrons. The van der Waals surface area contributed by atoms with E-state index in [0.717, 1.165) is 0 Å². The van der Waals surface area contributed by atoms with Gasteiger partial charge in [-0.2, -0.15) is 0 Å². The quantitative estimate of drug-likeness (QED) is 0.606. The van der Waals surface area contributed by atoms with Gasteiger partial charge in [0.05, 0.1) is 0 Å². The van der Waals surface area contributed by atoms with E-state index in [2.05, 4.69) is 37.3 Å². The van der Waals surface area contributed by atoms with Gasteiger partial charge in [-0.3, -0.25) is 0 Å². The predicted octanol–water partition coefficient (Wildman–Crippen LogP) is 5.14. The maximum Gasteiger partial charge on any atom is -0.0279 e.